The average Bonchev–Trinajstić information content (AvgIpc) is 2.79. The molecule has 0 saturated carbocycles. The fraction of sp³-hybridized carbons (Fsp3) is 0.111. The Labute approximate surface area is 90.2 Å². The molecule has 14 heavy (non-hydrogen) atoms. The molecule has 2 rings (SSSR count). The van der Waals surface area contributed by atoms with E-state index in [1.807, 2.05) is 17.5 Å². The molecule has 0 aliphatic heterocycles. The lowest BCUT2D eigenvalue weighted by atomic mass is 10.4. The van der Waals surface area contributed by atoms with Gasteiger partial charge in [-0.1, -0.05) is 6.07 Å². The van der Waals surface area contributed by atoms with E-state index in [2.05, 4.69) is 11.1 Å². The van der Waals surface area contributed by atoms with Crippen LogP contribution in [-0.4, -0.2) is 9.55 Å². The maximum absolute atomic E-state index is 8.83. The van der Waals surface area contributed by atoms with E-state index >= 15 is 0 Å². The van der Waals surface area contributed by atoms with Crippen LogP contribution in [0.4, 0.5) is 0 Å². The molecule has 0 aromatic carbocycles. The molecular weight excluding hydrogens is 214 g/mol. The third-order valence-corrected chi connectivity index (χ3v) is 3.08. The molecule has 0 aliphatic carbocycles. The number of hydrogen-bond donors (Lipinski definition) is 1. The molecule has 0 amide bonds. The quantitative estimate of drug-likeness (QED) is 0.792. The zero-order valence-corrected chi connectivity index (χ0v) is 8.86. The summed E-state index contributed by atoms with van der Waals surface area (Å²) in [5.41, 5.74) is 0.573. The normalized spacial score (nSPS) is 9.93. The summed E-state index contributed by atoms with van der Waals surface area (Å²) < 4.78 is 2.39. The van der Waals surface area contributed by atoms with E-state index in [0.717, 1.165) is 0 Å². The molecule has 0 fully saturated rings. The lowest BCUT2D eigenvalue weighted by Gasteiger charge is -2.00. The van der Waals surface area contributed by atoms with Gasteiger partial charge in [0.2, 0.25) is 0 Å². The summed E-state index contributed by atoms with van der Waals surface area (Å²) in [6.45, 7) is 0.670. The van der Waals surface area contributed by atoms with Gasteiger partial charge in [0, 0.05) is 11.1 Å². The van der Waals surface area contributed by atoms with Gasteiger partial charge in [-0.05, 0) is 23.7 Å². The zero-order valence-electron chi connectivity index (χ0n) is 7.23. The van der Waals surface area contributed by atoms with Gasteiger partial charge in [0.15, 0.2) is 4.77 Å². The summed E-state index contributed by atoms with van der Waals surface area (Å²) in [7, 11) is 0. The Hall–Kier alpha value is -1.38. The van der Waals surface area contributed by atoms with E-state index in [9.17, 15) is 0 Å². The number of thiophene rings is 1. The maximum atomic E-state index is 8.83. The Morgan fingerprint density at radius 3 is 3.14 bits per heavy atom. The van der Waals surface area contributed by atoms with E-state index in [0.29, 0.717) is 17.0 Å². The molecule has 0 aliphatic rings. The standard InChI is InChI=1S/C9H7N3S2/c10-4-7-5-11-9(13)12(7)6-8-2-1-3-14-8/h1-3,5H,6H2,(H,11,13). The molecule has 3 nitrogen and oxygen atoms in total. The highest BCUT2D eigenvalue weighted by Gasteiger charge is 2.03. The molecule has 0 bridgehead atoms. The van der Waals surface area contributed by atoms with Crippen molar-refractivity contribution in [3.8, 4) is 6.07 Å². The Morgan fingerprint density at radius 2 is 2.50 bits per heavy atom. The topological polar surface area (TPSA) is 44.5 Å². The average molecular weight is 221 g/mol. The molecule has 2 aromatic rings. The van der Waals surface area contributed by atoms with E-state index in [1.165, 1.54) is 4.88 Å². The van der Waals surface area contributed by atoms with E-state index in [-0.39, 0.29) is 0 Å². The van der Waals surface area contributed by atoms with Crippen molar-refractivity contribution in [3.05, 3.63) is 39.1 Å². The van der Waals surface area contributed by atoms with Gasteiger partial charge in [-0.15, -0.1) is 11.3 Å². The molecule has 2 heterocycles. The number of imidazole rings is 1. The third-order valence-electron chi connectivity index (χ3n) is 1.88. The molecule has 0 saturated heterocycles. The summed E-state index contributed by atoms with van der Waals surface area (Å²) in [5, 5.41) is 10.8. The molecule has 0 spiro atoms. The van der Waals surface area contributed by atoms with Gasteiger partial charge < -0.3 is 9.55 Å². The minimum absolute atomic E-state index is 0.573. The van der Waals surface area contributed by atoms with Crippen molar-refractivity contribution in [1.29, 1.82) is 5.26 Å². The van der Waals surface area contributed by atoms with Gasteiger partial charge in [-0.25, -0.2) is 0 Å². The minimum Gasteiger partial charge on any atom is -0.336 e. The first kappa shape index (κ1) is 9.19. The van der Waals surface area contributed by atoms with Crippen molar-refractivity contribution in [2.75, 3.05) is 0 Å². The Bertz CT molecular complexity index is 513. The van der Waals surface area contributed by atoms with Crippen molar-refractivity contribution in [2.24, 2.45) is 0 Å². The van der Waals surface area contributed by atoms with Crippen LogP contribution < -0.4 is 0 Å². The number of H-pyrrole nitrogens is 1. The van der Waals surface area contributed by atoms with Crippen LogP contribution in [0.15, 0.2) is 23.7 Å². The first-order chi connectivity index (χ1) is 6.81. The van der Waals surface area contributed by atoms with Crippen LogP contribution in [0, 0.1) is 16.1 Å². The van der Waals surface area contributed by atoms with E-state index in [1.54, 1.807) is 22.1 Å². The van der Waals surface area contributed by atoms with Crippen LogP contribution in [0.5, 0.6) is 0 Å². The lowest BCUT2D eigenvalue weighted by Crippen LogP contribution is -2.00. The van der Waals surface area contributed by atoms with Gasteiger partial charge in [-0.3, -0.25) is 0 Å². The number of aromatic amines is 1. The molecule has 0 atom stereocenters. The first-order valence-electron chi connectivity index (χ1n) is 4.02. The number of aromatic nitrogens is 2. The Kier molecular flexibility index (Phi) is 2.48. The number of hydrogen-bond acceptors (Lipinski definition) is 3. The highest BCUT2D eigenvalue weighted by Crippen LogP contribution is 2.12. The zero-order chi connectivity index (χ0) is 9.97. The number of nitriles is 1. The second-order valence-corrected chi connectivity index (χ2v) is 4.18. The van der Waals surface area contributed by atoms with Crippen LogP contribution in [0.25, 0.3) is 0 Å². The first-order valence-corrected chi connectivity index (χ1v) is 5.31. The number of rotatable bonds is 2. The summed E-state index contributed by atoms with van der Waals surface area (Å²) >= 11 is 6.73. The Balaban J connectivity index is 2.38. The van der Waals surface area contributed by atoms with Crippen molar-refractivity contribution in [1.82, 2.24) is 9.55 Å². The number of nitrogens with one attached hydrogen (secondary N) is 1. The van der Waals surface area contributed by atoms with Crippen molar-refractivity contribution >= 4 is 23.6 Å². The van der Waals surface area contributed by atoms with Gasteiger partial charge in [0.25, 0.3) is 0 Å². The largest absolute Gasteiger partial charge is 0.336 e. The SMILES string of the molecule is N#Cc1c[nH]c(=S)n1Cc1cccs1. The van der Waals surface area contributed by atoms with Crippen LogP contribution in [0.1, 0.15) is 10.6 Å². The predicted octanol–water partition coefficient (Wildman–Crippen LogP) is 2.53. The van der Waals surface area contributed by atoms with Crippen molar-refractivity contribution in [3.63, 3.8) is 0 Å². The molecule has 5 heteroatoms. The molecule has 70 valence electrons. The highest BCUT2D eigenvalue weighted by atomic mass is 32.1. The minimum atomic E-state index is 0.573. The van der Waals surface area contributed by atoms with Crippen LogP contribution in [-0.2, 0) is 6.54 Å². The van der Waals surface area contributed by atoms with Crippen LogP contribution in [0.3, 0.4) is 0 Å². The van der Waals surface area contributed by atoms with Gasteiger partial charge in [-0.2, -0.15) is 5.26 Å². The Morgan fingerprint density at radius 1 is 1.64 bits per heavy atom. The molecule has 1 N–H and O–H groups in total. The predicted molar refractivity (Wildman–Crippen MR) is 57.8 cm³/mol. The lowest BCUT2D eigenvalue weighted by molar-refractivity contribution is 0.784. The number of nitrogens with zero attached hydrogens (tertiary/aromatic N) is 2. The smallest absolute Gasteiger partial charge is 0.178 e. The second-order valence-electron chi connectivity index (χ2n) is 2.76. The fourth-order valence-electron chi connectivity index (χ4n) is 1.20. The monoisotopic (exact) mass is 221 g/mol. The van der Waals surface area contributed by atoms with Gasteiger partial charge >= 0.3 is 0 Å². The van der Waals surface area contributed by atoms with Crippen LogP contribution >= 0.6 is 23.6 Å². The highest BCUT2D eigenvalue weighted by molar-refractivity contribution is 7.71. The molecule has 2 aromatic heterocycles. The second kappa shape index (κ2) is 3.78. The third kappa shape index (κ3) is 1.62. The molecule has 0 unspecified atom stereocenters. The van der Waals surface area contributed by atoms with E-state index < -0.39 is 0 Å². The van der Waals surface area contributed by atoms with Crippen LogP contribution in [0.2, 0.25) is 0 Å². The summed E-state index contributed by atoms with van der Waals surface area (Å²) in [6, 6.07) is 6.12. The van der Waals surface area contributed by atoms with Crippen molar-refractivity contribution in [2.45, 2.75) is 6.54 Å². The fourth-order valence-corrected chi connectivity index (χ4v) is 2.12. The molecular formula is C9H7N3S2. The van der Waals surface area contributed by atoms with Gasteiger partial charge in [0.1, 0.15) is 11.8 Å². The van der Waals surface area contributed by atoms with Crippen molar-refractivity contribution < 1.29 is 0 Å². The van der Waals surface area contributed by atoms with Gasteiger partial charge in [0.05, 0.1) is 6.54 Å². The maximum Gasteiger partial charge on any atom is 0.178 e. The summed E-state index contributed by atoms with van der Waals surface area (Å²) in [4.78, 5) is 4.05. The van der Waals surface area contributed by atoms with E-state index in [4.69, 9.17) is 17.5 Å². The summed E-state index contributed by atoms with van der Waals surface area (Å²) in [6.07, 6.45) is 1.63. The molecule has 0 radical (unpaired) electrons. The summed E-state index contributed by atoms with van der Waals surface area (Å²) in [5.74, 6) is 0.